The fourth-order valence-electron chi connectivity index (χ4n) is 2.49. The standard InChI is InChI=1S/C18H21N5OS/c1-11(2)7-8-20-18(24)23-13-5-3-12(4-6-13)14-9-25-17-15(14)16(19)21-10-22-17/h3-6,9-11H,7-8H2,1-2H3,(H2,19,21,22)(H2,20,23,24). The van der Waals surface area contributed by atoms with Gasteiger partial charge in [0.25, 0.3) is 0 Å². The number of benzene rings is 1. The van der Waals surface area contributed by atoms with Crippen molar-refractivity contribution >= 4 is 39.1 Å². The first-order chi connectivity index (χ1) is 12.0. The van der Waals surface area contributed by atoms with Crippen molar-refractivity contribution in [2.24, 2.45) is 5.92 Å². The molecule has 2 heterocycles. The van der Waals surface area contributed by atoms with Gasteiger partial charge in [0.15, 0.2) is 0 Å². The number of urea groups is 1. The Morgan fingerprint density at radius 1 is 1.24 bits per heavy atom. The van der Waals surface area contributed by atoms with Gasteiger partial charge in [-0.3, -0.25) is 0 Å². The van der Waals surface area contributed by atoms with Gasteiger partial charge in [-0.1, -0.05) is 26.0 Å². The summed E-state index contributed by atoms with van der Waals surface area (Å²) in [6.45, 7) is 4.93. The summed E-state index contributed by atoms with van der Waals surface area (Å²) in [4.78, 5) is 21.1. The summed E-state index contributed by atoms with van der Waals surface area (Å²) < 4.78 is 0. The Morgan fingerprint density at radius 3 is 2.72 bits per heavy atom. The third-order valence-electron chi connectivity index (χ3n) is 3.86. The topological polar surface area (TPSA) is 92.9 Å². The molecule has 4 N–H and O–H groups in total. The summed E-state index contributed by atoms with van der Waals surface area (Å²) in [6.07, 6.45) is 2.43. The van der Waals surface area contributed by atoms with Crippen molar-refractivity contribution < 1.29 is 4.79 Å². The Labute approximate surface area is 150 Å². The first-order valence-electron chi connectivity index (χ1n) is 8.17. The highest BCUT2D eigenvalue weighted by Crippen LogP contribution is 2.35. The lowest BCUT2D eigenvalue weighted by atomic mass is 10.1. The number of aromatic nitrogens is 2. The van der Waals surface area contributed by atoms with Crippen molar-refractivity contribution in [2.75, 3.05) is 17.6 Å². The molecule has 0 fully saturated rings. The van der Waals surface area contributed by atoms with Crippen LogP contribution in [0.15, 0.2) is 36.0 Å². The third-order valence-corrected chi connectivity index (χ3v) is 4.75. The van der Waals surface area contributed by atoms with Crippen LogP contribution in [0.4, 0.5) is 16.3 Å². The molecule has 0 radical (unpaired) electrons. The highest BCUT2D eigenvalue weighted by atomic mass is 32.1. The SMILES string of the molecule is CC(C)CCNC(=O)Nc1ccc(-c2csc3ncnc(N)c23)cc1. The van der Waals surface area contributed by atoms with Crippen LogP contribution < -0.4 is 16.4 Å². The third kappa shape index (κ3) is 4.06. The number of fused-ring (bicyclic) bond motifs is 1. The van der Waals surface area contributed by atoms with Gasteiger partial charge in [0, 0.05) is 23.2 Å². The molecule has 3 aromatic rings. The zero-order valence-electron chi connectivity index (χ0n) is 14.2. The van der Waals surface area contributed by atoms with E-state index in [0.717, 1.165) is 33.5 Å². The molecule has 0 spiro atoms. The molecule has 2 aromatic heterocycles. The number of thiophene rings is 1. The van der Waals surface area contributed by atoms with Crippen LogP contribution in [0.1, 0.15) is 20.3 Å². The lowest BCUT2D eigenvalue weighted by Gasteiger charge is -2.09. The molecule has 3 rings (SSSR count). The van der Waals surface area contributed by atoms with Crippen LogP contribution in [0.2, 0.25) is 0 Å². The Balaban J connectivity index is 1.71. The smallest absolute Gasteiger partial charge is 0.319 e. The van der Waals surface area contributed by atoms with Gasteiger partial charge >= 0.3 is 6.03 Å². The van der Waals surface area contributed by atoms with E-state index >= 15 is 0 Å². The van der Waals surface area contributed by atoms with Gasteiger partial charge in [-0.05, 0) is 30.0 Å². The van der Waals surface area contributed by atoms with Gasteiger partial charge in [0.1, 0.15) is 17.0 Å². The molecule has 130 valence electrons. The number of hydrogen-bond acceptors (Lipinski definition) is 5. The average molecular weight is 355 g/mol. The number of carbonyl (C=O) groups excluding carboxylic acids is 1. The first-order valence-corrected chi connectivity index (χ1v) is 9.05. The summed E-state index contributed by atoms with van der Waals surface area (Å²) in [6, 6.07) is 7.48. The minimum Gasteiger partial charge on any atom is -0.383 e. The maximum atomic E-state index is 11.9. The normalized spacial score (nSPS) is 11.0. The molecule has 25 heavy (non-hydrogen) atoms. The highest BCUT2D eigenvalue weighted by molar-refractivity contribution is 7.17. The van der Waals surface area contributed by atoms with Crippen LogP contribution in [0.5, 0.6) is 0 Å². The van der Waals surface area contributed by atoms with E-state index in [1.54, 1.807) is 0 Å². The molecule has 0 bridgehead atoms. The van der Waals surface area contributed by atoms with Crippen molar-refractivity contribution in [3.8, 4) is 11.1 Å². The van der Waals surface area contributed by atoms with Crippen LogP contribution in [0.3, 0.4) is 0 Å². The molecule has 0 saturated heterocycles. The van der Waals surface area contributed by atoms with E-state index in [2.05, 4.69) is 34.4 Å². The van der Waals surface area contributed by atoms with E-state index in [0.29, 0.717) is 18.3 Å². The molecule has 0 saturated carbocycles. The van der Waals surface area contributed by atoms with Crippen molar-refractivity contribution in [2.45, 2.75) is 20.3 Å². The molecule has 0 aliphatic carbocycles. The van der Waals surface area contributed by atoms with Crippen LogP contribution in [-0.4, -0.2) is 22.5 Å². The number of rotatable bonds is 5. The van der Waals surface area contributed by atoms with E-state index in [9.17, 15) is 4.79 Å². The highest BCUT2D eigenvalue weighted by Gasteiger charge is 2.11. The van der Waals surface area contributed by atoms with Crippen molar-refractivity contribution in [3.63, 3.8) is 0 Å². The number of hydrogen-bond donors (Lipinski definition) is 3. The summed E-state index contributed by atoms with van der Waals surface area (Å²) in [7, 11) is 0. The maximum Gasteiger partial charge on any atom is 0.319 e. The van der Waals surface area contributed by atoms with E-state index < -0.39 is 0 Å². The lowest BCUT2D eigenvalue weighted by Crippen LogP contribution is -2.30. The Hall–Kier alpha value is -2.67. The second-order valence-corrected chi connectivity index (χ2v) is 7.09. The second kappa shape index (κ2) is 7.48. The molecular weight excluding hydrogens is 334 g/mol. The number of amides is 2. The van der Waals surface area contributed by atoms with Gasteiger partial charge in [-0.25, -0.2) is 14.8 Å². The Morgan fingerprint density at radius 2 is 2.00 bits per heavy atom. The van der Waals surface area contributed by atoms with Crippen LogP contribution in [0.25, 0.3) is 21.3 Å². The van der Waals surface area contributed by atoms with Crippen LogP contribution in [0, 0.1) is 5.92 Å². The monoisotopic (exact) mass is 355 g/mol. The zero-order valence-corrected chi connectivity index (χ0v) is 15.1. The summed E-state index contributed by atoms with van der Waals surface area (Å²) >= 11 is 1.54. The number of anilines is 2. The molecule has 1 aromatic carbocycles. The van der Waals surface area contributed by atoms with Gasteiger partial charge in [-0.2, -0.15) is 0 Å². The first kappa shape index (κ1) is 17.2. The van der Waals surface area contributed by atoms with Crippen LogP contribution in [-0.2, 0) is 0 Å². The molecule has 0 aliphatic rings. The molecule has 7 heteroatoms. The van der Waals surface area contributed by atoms with Gasteiger partial charge in [0.2, 0.25) is 0 Å². The summed E-state index contributed by atoms with van der Waals surface area (Å²) in [5.74, 6) is 1.05. The van der Waals surface area contributed by atoms with E-state index in [1.165, 1.54) is 17.7 Å². The second-order valence-electron chi connectivity index (χ2n) is 6.23. The van der Waals surface area contributed by atoms with Gasteiger partial charge in [-0.15, -0.1) is 11.3 Å². The van der Waals surface area contributed by atoms with E-state index in [-0.39, 0.29) is 6.03 Å². The van der Waals surface area contributed by atoms with Crippen molar-refractivity contribution in [1.82, 2.24) is 15.3 Å². The summed E-state index contributed by atoms with van der Waals surface area (Å²) in [5.41, 5.74) is 8.76. The Bertz CT molecular complexity index is 873. The quantitative estimate of drug-likeness (QED) is 0.642. The molecule has 2 amide bonds. The van der Waals surface area contributed by atoms with Gasteiger partial charge < -0.3 is 16.4 Å². The molecule has 0 atom stereocenters. The maximum absolute atomic E-state index is 11.9. The molecule has 6 nitrogen and oxygen atoms in total. The zero-order chi connectivity index (χ0) is 17.8. The van der Waals surface area contributed by atoms with Crippen molar-refractivity contribution in [1.29, 1.82) is 0 Å². The molecular formula is C18H21N5OS. The number of nitrogens with one attached hydrogen (secondary N) is 2. The van der Waals surface area contributed by atoms with Crippen molar-refractivity contribution in [3.05, 3.63) is 36.0 Å². The number of carbonyl (C=O) groups is 1. The summed E-state index contributed by atoms with van der Waals surface area (Å²) in [5, 5.41) is 8.59. The van der Waals surface area contributed by atoms with Crippen LogP contribution >= 0.6 is 11.3 Å². The average Bonchev–Trinajstić information content (AvgIpc) is 3.01. The fraction of sp³-hybridized carbons (Fsp3) is 0.278. The largest absolute Gasteiger partial charge is 0.383 e. The molecule has 0 unspecified atom stereocenters. The minimum absolute atomic E-state index is 0.188. The number of nitrogens with zero attached hydrogens (tertiary/aromatic N) is 2. The Kier molecular flexibility index (Phi) is 5.14. The fourth-order valence-corrected chi connectivity index (χ4v) is 3.42. The number of nitrogens with two attached hydrogens (primary N) is 1. The van der Waals surface area contributed by atoms with E-state index in [1.807, 2.05) is 29.6 Å². The van der Waals surface area contributed by atoms with Gasteiger partial charge in [0.05, 0.1) is 5.39 Å². The predicted molar refractivity (Wildman–Crippen MR) is 104 cm³/mol. The van der Waals surface area contributed by atoms with E-state index in [4.69, 9.17) is 5.73 Å². The predicted octanol–water partition coefficient (Wildman–Crippen LogP) is 4.11. The minimum atomic E-state index is -0.188. The number of nitrogen functional groups attached to an aromatic ring is 1. The lowest BCUT2D eigenvalue weighted by molar-refractivity contribution is 0.251. The molecule has 0 aliphatic heterocycles.